The van der Waals surface area contributed by atoms with Gasteiger partial charge in [-0.3, -0.25) is 10.2 Å². The molecule has 0 bridgehead atoms. The molecule has 0 spiro atoms. The molecule has 0 aromatic heterocycles. The number of nitrogens with zero attached hydrogens (tertiary/aromatic N) is 1. The van der Waals surface area contributed by atoms with Crippen molar-refractivity contribution in [2.75, 3.05) is 0 Å². The standard InChI is InChI=1S/C14H19N3O/c1-11(2)9-14(3,10-15)17-16-13(18)12-7-5-4-6-8-12/h4-8,11,17H,9H2,1-3H3,(H,16,18). The summed E-state index contributed by atoms with van der Waals surface area (Å²) in [5.74, 6) is 0.136. The lowest BCUT2D eigenvalue weighted by Gasteiger charge is -2.25. The Morgan fingerprint density at radius 2 is 2.00 bits per heavy atom. The van der Waals surface area contributed by atoms with Gasteiger partial charge in [-0.25, -0.2) is 5.43 Å². The highest BCUT2D eigenvalue weighted by Crippen LogP contribution is 2.14. The molecule has 0 heterocycles. The van der Waals surface area contributed by atoms with Crippen molar-refractivity contribution in [1.82, 2.24) is 10.9 Å². The molecule has 0 saturated heterocycles. The van der Waals surface area contributed by atoms with Crippen LogP contribution in [0.5, 0.6) is 0 Å². The predicted molar refractivity (Wildman–Crippen MR) is 70.5 cm³/mol. The lowest BCUT2D eigenvalue weighted by molar-refractivity contribution is 0.0913. The second-order valence-electron chi connectivity index (χ2n) is 4.99. The first-order chi connectivity index (χ1) is 8.47. The fourth-order valence-corrected chi connectivity index (χ4v) is 1.80. The Balaban J connectivity index is 2.59. The van der Waals surface area contributed by atoms with Crippen LogP contribution in [0.3, 0.4) is 0 Å². The van der Waals surface area contributed by atoms with Gasteiger partial charge in [0.1, 0.15) is 5.54 Å². The minimum absolute atomic E-state index is 0.235. The molecule has 96 valence electrons. The molecule has 1 unspecified atom stereocenters. The normalized spacial score (nSPS) is 13.7. The van der Waals surface area contributed by atoms with E-state index in [1.807, 2.05) is 19.9 Å². The Bertz CT molecular complexity index is 436. The molecule has 1 rings (SSSR count). The molecule has 1 aromatic carbocycles. The van der Waals surface area contributed by atoms with E-state index in [4.69, 9.17) is 5.26 Å². The van der Waals surface area contributed by atoms with Crippen LogP contribution < -0.4 is 10.9 Å². The summed E-state index contributed by atoms with van der Waals surface area (Å²) in [6.45, 7) is 5.85. The Morgan fingerprint density at radius 1 is 1.39 bits per heavy atom. The van der Waals surface area contributed by atoms with Gasteiger partial charge in [-0.1, -0.05) is 32.0 Å². The zero-order chi connectivity index (χ0) is 13.6. The molecule has 4 nitrogen and oxygen atoms in total. The predicted octanol–water partition coefficient (Wildman–Crippen LogP) is 2.25. The number of carbonyl (C=O) groups excluding carboxylic acids is 1. The fraction of sp³-hybridized carbons (Fsp3) is 0.429. The number of hydrazine groups is 1. The second kappa shape index (κ2) is 6.18. The van der Waals surface area contributed by atoms with Crippen molar-refractivity contribution in [2.24, 2.45) is 5.92 Å². The molecule has 0 fully saturated rings. The molecule has 1 amide bonds. The highest BCUT2D eigenvalue weighted by atomic mass is 16.2. The molecule has 0 aliphatic heterocycles. The number of nitriles is 1. The summed E-state index contributed by atoms with van der Waals surface area (Å²) in [5.41, 5.74) is 5.21. The number of nitrogens with one attached hydrogen (secondary N) is 2. The summed E-state index contributed by atoms with van der Waals surface area (Å²) in [5, 5.41) is 9.15. The van der Waals surface area contributed by atoms with Crippen molar-refractivity contribution in [2.45, 2.75) is 32.7 Å². The monoisotopic (exact) mass is 245 g/mol. The third-order valence-electron chi connectivity index (χ3n) is 2.55. The molecule has 0 aliphatic rings. The third-order valence-corrected chi connectivity index (χ3v) is 2.55. The molecule has 0 radical (unpaired) electrons. The van der Waals surface area contributed by atoms with E-state index in [1.165, 1.54) is 0 Å². The van der Waals surface area contributed by atoms with Crippen LogP contribution in [-0.4, -0.2) is 11.4 Å². The number of hydrogen-bond donors (Lipinski definition) is 2. The summed E-state index contributed by atoms with van der Waals surface area (Å²) in [4.78, 5) is 11.8. The maximum atomic E-state index is 11.8. The van der Waals surface area contributed by atoms with E-state index in [2.05, 4.69) is 16.9 Å². The first-order valence-corrected chi connectivity index (χ1v) is 6.00. The average Bonchev–Trinajstić information content (AvgIpc) is 2.36. The summed E-state index contributed by atoms with van der Waals surface area (Å²) in [6, 6.07) is 11.1. The Hall–Kier alpha value is -1.86. The largest absolute Gasteiger partial charge is 0.286 e. The SMILES string of the molecule is CC(C)CC(C)(C#N)NNC(=O)c1ccccc1. The summed E-state index contributed by atoms with van der Waals surface area (Å²) in [7, 11) is 0. The van der Waals surface area contributed by atoms with Crippen LogP contribution >= 0.6 is 0 Å². The summed E-state index contributed by atoms with van der Waals surface area (Å²) in [6.07, 6.45) is 0.665. The molecule has 1 aromatic rings. The summed E-state index contributed by atoms with van der Waals surface area (Å²) >= 11 is 0. The number of hydrogen-bond acceptors (Lipinski definition) is 3. The maximum absolute atomic E-state index is 11.8. The first-order valence-electron chi connectivity index (χ1n) is 6.00. The van der Waals surface area contributed by atoms with Crippen LogP contribution in [-0.2, 0) is 0 Å². The van der Waals surface area contributed by atoms with Gasteiger partial charge in [0.2, 0.25) is 0 Å². The van der Waals surface area contributed by atoms with Gasteiger partial charge in [0, 0.05) is 5.56 Å². The molecular weight excluding hydrogens is 226 g/mol. The minimum Gasteiger partial charge on any atom is -0.286 e. The van der Waals surface area contributed by atoms with E-state index in [1.54, 1.807) is 31.2 Å². The van der Waals surface area contributed by atoms with Gasteiger partial charge in [0.05, 0.1) is 6.07 Å². The minimum atomic E-state index is -0.751. The van der Waals surface area contributed by atoms with Gasteiger partial charge in [-0.2, -0.15) is 5.26 Å². The lowest BCUT2D eigenvalue weighted by Crippen LogP contribution is -2.52. The number of rotatable bonds is 5. The second-order valence-corrected chi connectivity index (χ2v) is 4.99. The van der Waals surface area contributed by atoms with Crippen LogP contribution in [0.15, 0.2) is 30.3 Å². The van der Waals surface area contributed by atoms with Gasteiger partial charge in [-0.05, 0) is 31.4 Å². The number of amides is 1. The number of benzene rings is 1. The van der Waals surface area contributed by atoms with Crippen LogP contribution in [0.2, 0.25) is 0 Å². The Morgan fingerprint density at radius 3 is 2.50 bits per heavy atom. The quantitative estimate of drug-likeness (QED) is 0.782. The van der Waals surface area contributed by atoms with E-state index < -0.39 is 5.54 Å². The zero-order valence-electron chi connectivity index (χ0n) is 11.0. The van der Waals surface area contributed by atoms with E-state index in [0.717, 1.165) is 0 Å². The molecule has 2 N–H and O–H groups in total. The Kier molecular flexibility index (Phi) is 4.87. The Labute approximate surface area is 108 Å². The van der Waals surface area contributed by atoms with E-state index in [9.17, 15) is 4.79 Å². The van der Waals surface area contributed by atoms with Crippen LogP contribution in [0.4, 0.5) is 0 Å². The third kappa shape index (κ3) is 4.19. The van der Waals surface area contributed by atoms with Gasteiger partial charge < -0.3 is 0 Å². The highest BCUT2D eigenvalue weighted by molar-refractivity contribution is 5.93. The van der Waals surface area contributed by atoms with E-state index in [0.29, 0.717) is 17.9 Å². The molecule has 1 atom stereocenters. The van der Waals surface area contributed by atoms with Crippen LogP contribution in [0.25, 0.3) is 0 Å². The molecule has 4 heteroatoms. The smallest absolute Gasteiger partial charge is 0.265 e. The van der Waals surface area contributed by atoms with E-state index >= 15 is 0 Å². The van der Waals surface area contributed by atoms with E-state index in [-0.39, 0.29) is 5.91 Å². The van der Waals surface area contributed by atoms with Gasteiger partial charge >= 0.3 is 0 Å². The topological polar surface area (TPSA) is 64.9 Å². The fourth-order valence-electron chi connectivity index (χ4n) is 1.80. The van der Waals surface area contributed by atoms with Crippen molar-refractivity contribution in [3.8, 4) is 6.07 Å². The zero-order valence-corrected chi connectivity index (χ0v) is 11.0. The van der Waals surface area contributed by atoms with Crippen molar-refractivity contribution in [3.05, 3.63) is 35.9 Å². The average molecular weight is 245 g/mol. The molecule has 0 aliphatic carbocycles. The highest BCUT2D eigenvalue weighted by Gasteiger charge is 2.25. The lowest BCUT2D eigenvalue weighted by atomic mass is 9.93. The van der Waals surface area contributed by atoms with Gasteiger partial charge in [-0.15, -0.1) is 0 Å². The first kappa shape index (κ1) is 14.2. The van der Waals surface area contributed by atoms with Crippen LogP contribution in [0.1, 0.15) is 37.6 Å². The van der Waals surface area contributed by atoms with Crippen molar-refractivity contribution in [3.63, 3.8) is 0 Å². The molecule has 18 heavy (non-hydrogen) atoms. The van der Waals surface area contributed by atoms with Crippen molar-refractivity contribution in [1.29, 1.82) is 5.26 Å². The molecular formula is C14H19N3O. The molecule has 0 saturated carbocycles. The van der Waals surface area contributed by atoms with Crippen LogP contribution in [0, 0.1) is 17.2 Å². The van der Waals surface area contributed by atoms with Crippen molar-refractivity contribution >= 4 is 5.91 Å². The van der Waals surface area contributed by atoms with Crippen molar-refractivity contribution < 1.29 is 4.79 Å². The summed E-state index contributed by atoms with van der Waals surface area (Å²) < 4.78 is 0. The maximum Gasteiger partial charge on any atom is 0.265 e. The van der Waals surface area contributed by atoms with Gasteiger partial charge in [0.25, 0.3) is 5.91 Å². The number of carbonyl (C=O) groups is 1. The van der Waals surface area contributed by atoms with Gasteiger partial charge in [0.15, 0.2) is 0 Å².